The quantitative estimate of drug-likeness (QED) is 0.480. The molecule has 1 aliphatic rings. The molecule has 0 N–H and O–H groups in total. The van der Waals surface area contributed by atoms with Crippen molar-refractivity contribution in [3.63, 3.8) is 0 Å². The highest BCUT2D eigenvalue weighted by Crippen LogP contribution is 2.26. The van der Waals surface area contributed by atoms with E-state index in [4.69, 9.17) is 4.74 Å². The molecule has 6 nitrogen and oxygen atoms in total. The van der Waals surface area contributed by atoms with Gasteiger partial charge < -0.3 is 9.64 Å². The van der Waals surface area contributed by atoms with Crippen LogP contribution in [0.15, 0.2) is 24.3 Å². The summed E-state index contributed by atoms with van der Waals surface area (Å²) in [5, 5.41) is 10.8. The molecule has 20 heavy (non-hydrogen) atoms. The second-order valence-electron chi connectivity index (χ2n) is 4.79. The molecule has 1 aromatic carbocycles. The predicted molar refractivity (Wildman–Crippen MR) is 74.7 cm³/mol. The second-order valence-corrected chi connectivity index (χ2v) is 4.79. The Labute approximate surface area is 117 Å². The Bertz CT molecular complexity index is 496. The summed E-state index contributed by atoms with van der Waals surface area (Å²) in [6.07, 6.45) is 1.45. The Morgan fingerprint density at radius 3 is 2.75 bits per heavy atom. The molecule has 0 unspecified atom stereocenters. The maximum atomic E-state index is 11.7. The third kappa shape index (κ3) is 3.26. The van der Waals surface area contributed by atoms with Crippen molar-refractivity contribution in [2.24, 2.45) is 5.92 Å². The van der Waals surface area contributed by atoms with Crippen molar-refractivity contribution in [2.45, 2.75) is 19.8 Å². The fraction of sp³-hybridized carbons (Fsp3) is 0.500. The van der Waals surface area contributed by atoms with Crippen LogP contribution in [0.1, 0.15) is 19.8 Å². The van der Waals surface area contributed by atoms with Gasteiger partial charge in [-0.1, -0.05) is 6.07 Å². The van der Waals surface area contributed by atoms with Crippen LogP contribution in [0, 0.1) is 16.0 Å². The summed E-state index contributed by atoms with van der Waals surface area (Å²) in [6.45, 7) is 3.63. The van der Waals surface area contributed by atoms with E-state index in [0.717, 1.165) is 18.5 Å². The van der Waals surface area contributed by atoms with Crippen LogP contribution in [0.25, 0.3) is 0 Å². The van der Waals surface area contributed by atoms with Crippen LogP contribution < -0.4 is 4.90 Å². The van der Waals surface area contributed by atoms with Crippen molar-refractivity contribution in [1.82, 2.24) is 0 Å². The van der Waals surface area contributed by atoms with Crippen LogP contribution in [0.2, 0.25) is 0 Å². The first kappa shape index (κ1) is 14.3. The number of nitro groups is 1. The predicted octanol–water partition coefficient (Wildman–Crippen LogP) is 2.37. The van der Waals surface area contributed by atoms with Crippen molar-refractivity contribution in [2.75, 3.05) is 24.6 Å². The molecule has 0 aliphatic carbocycles. The average Bonchev–Trinajstić information content (AvgIpc) is 2.48. The van der Waals surface area contributed by atoms with Gasteiger partial charge in [-0.15, -0.1) is 0 Å². The van der Waals surface area contributed by atoms with Gasteiger partial charge in [0.25, 0.3) is 5.69 Å². The first-order chi connectivity index (χ1) is 9.61. The third-order valence-corrected chi connectivity index (χ3v) is 3.52. The number of ether oxygens (including phenoxy) is 1. The summed E-state index contributed by atoms with van der Waals surface area (Å²) in [4.78, 5) is 24.1. The van der Waals surface area contributed by atoms with Gasteiger partial charge in [0.1, 0.15) is 0 Å². The molecule has 0 atom stereocenters. The first-order valence-electron chi connectivity index (χ1n) is 6.78. The Morgan fingerprint density at radius 2 is 2.15 bits per heavy atom. The van der Waals surface area contributed by atoms with Crippen molar-refractivity contribution in [3.8, 4) is 0 Å². The van der Waals surface area contributed by atoms with Crippen LogP contribution in [0.3, 0.4) is 0 Å². The lowest BCUT2D eigenvalue weighted by Gasteiger charge is -2.32. The van der Waals surface area contributed by atoms with Gasteiger partial charge >= 0.3 is 5.97 Å². The van der Waals surface area contributed by atoms with E-state index in [1.165, 1.54) is 6.07 Å². The van der Waals surface area contributed by atoms with Gasteiger partial charge in [-0.05, 0) is 25.8 Å². The standard InChI is InChI=1S/C14H18N2O4/c1-2-20-14(17)11-6-8-15(9-7-11)12-4-3-5-13(10-12)16(18)19/h3-5,10-11H,2,6-9H2,1H3. The minimum absolute atomic E-state index is 0.0510. The fourth-order valence-corrected chi connectivity index (χ4v) is 2.44. The molecule has 1 fully saturated rings. The van der Waals surface area contributed by atoms with Crippen molar-refractivity contribution < 1.29 is 14.5 Å². The Balaban J connectivity index is 1.98. The van der Waals surface area contributed by atoms with E-state index in [1.54, 1.807) is 19.1 Å². The number of hydrogen-bond donors (Lipinski definition) is 0. The Kier molecular flexibility index (Phi) is 4.55. The molecule has 108 valence electrons. The molecular formula is C14H18N2O4. The number of nitro benzene ring substituents is 1. The van der Waals surface area contributed by atoms with E-state index in [2.05, 4.69) is 4.90 Å². The van der Waals surface area contributed by atoms with E-state index in [0.29, 0.717) is 19.7 Å². The zero-order valence-corrected chi connectivity index (χ0v) is 11.4. The van der Waals surface area contributed by atoms with E-state index in [9.17, 15) is 14.9 Å². The zero-order chi connectivity index (χ0) is 14.5. The topological polar surface area (TPSA) is 72.7 Å². The van der Waals surface area contributed by atoms with Crippen molar-refractivity contribution >= 4 is 17.3 Å². The summed E-state index contributed by atoms with van der Waals surface area (Å²) in [5.74, 6) is -0.184. The summed E-state index contributed by atoms with van der Waals surface area (Å²) in [5.41, 5.74) is 0.927. The van der Waals surface area contributed by atoms with Crippen LogP contribution in [-0.2, 0) is 9.53 Å². The number of non-ortho nitro benzene ring substituents is 1. The molecular weight excluding hydrogens is 260 g/mol. The van der Waals surface area contributed by atoms with Gasteiger partial charge in [0.05, 0.1) is 17.4 Å². The van der Waals surface area contributed by atoms with Gasteiger partial charge in [0.2, 0.25) is 0 Å². The average molecular weight is 278 g/mol. The SMILES string of the molecule is CCOC(=O)C1CCN(c2cccc([N+](=O)[O-])c2)CC1. The number of carbonyl (C=O) groups excluding carboxylic acids is 1. The molecule has 0 amide bonds. The monoisotopic (exact) mass is 278 g/mol. The van der Waals surface area contributed by atoms with Crippen LogP contribution in [0.4, 0.5) is 11.4 Å². The largest absolute Gasteiger partial charge is 0.466 e. The first-order valence-corrected chi connectivity index (χ1v) is 6.78. The highest BCUT2D eigenvalue weighted by atomic mass is 16.6. The minimum atomic E-state index is -0.394. The molecule has 0 spiro atoms. The van der Waals surface area contributed by atoms with Gasteiger partial charge in [-0.2, -0.15) is 0 Å². The smallest absolute Gasteiger partial charge is 0.309 e. The minimum Gasteiger partial charge on any atom is -0.466 e. The van der Waals surface area contributed by atoms with Crippen molar-refractivity contribution in [1.29, 1.82) is 0 Å². The number of anilines is 1. The van der Waals surface area contributed by atoms with E-state index in [-0.39, 0.29) is 17.6 Å². The normalized spacial score (nSPS) is 15.9. The molecule has 0 radical (unpaired) electrons. The van der Waals surface area contributed by atoms with Gasteiger partial charge in [-0.25, -0.2) is 0 Å². The third-order valence-electron chi connectivity index (χ3n) is 3.52. The van der Waals surface area contributed by atoms with Gasteiger partial charge in [0.15, 0.2) is 0 Å². The maximum absolute atomic E-state index is 11.7. The number of nitrogens with zero attached hydrogens (tertiary/aromatic N) is 2. The maximum Gasteiger partial charge on any atom is 0.309 e. The molecule has 0 saturated carbocycles. The van der Waals surface area contributed by atoms with E-state index in [1.807, 2.05) is 6.07 Å². The summed E-state index contributed by atoms with van der Waals surface area (Å²) < 4.78 is 5.03. The lowest BCUT2D eigenvalue weighted by Crippen LogP contribution is -2.36. The van der Waals surface area contributed by atoms with Crippen molar-refractivity contribution in [3.05, 3.63) is 34.4 Å². The number of benzene rings is 1. The molecule has 2 rings (SSSR count). The highest BCUT2D eigenvalue weighted by molar-refractivity contribution is 5.73. The zero-order valence-electron chi connectivity index (χ0n) is 11.4. The number of esters is 1. The molecule has 1 aromatic rings. The fourth-order valence-electron chi connectivity index (χ4n) is 2.44. The number of rotatable bonds is 4. The lowest BCUT2D eigenvalue weighted by molar-refractivity contribution is -0.384. The lowest BCUT2D eigenvalue weighted by atomic mass is 9.96. The van der Waals surface area contributed by atoms with Gasteiger partial charge in [-0.3, -0.25) is 14.9 Å². The van der Waals surface area contributed by atoms with Crippen LogP contribution in [0.5, 0.6) is 0 Å². The molecule has 1 saturated heterocycles. The molecule has 0 aromatic heterocycles. The van der Waals surface area contributed by atoms with E-state index < -0.39 is 4.92 Å². The molecule has 6 heteroatoms. The van der Waals surface area contributed by atoms with E-state index >= 15 is 0 Å². The Morgan fingerprint density at radius 1 is 1.45 bits per heavy atom. The summed E-state index contributed by atoms with van der Waals surface area (Å²) in [6, 6.07) is 6.60. The number of carbonyl (C=O) groups is 1. The molecule has 0 bridgehead atoms. The summed E-state index contributed by atoms with van der Waals surface area (Å²) >= 11 is 0. The molecule has 1 aliphatic heterocycles. The number of hydrogen-bond acceptors (Lipinski definition) is 5. The Hall–Kier alpha value is -2.11. The number of piperidine rings is 1. The second kappa shape index (κ2) is 6.36. The van der Waals surface area contributed by atoms with Gasteiger partial charge in [0, 0.05) is 30.9 Å². The summed E-state index contributed by atoms with van der Waals surface area (Å²) in [7, 11) is 0. The van der Waals surface area contributed by atoms with Crippen LogP contribution in [-0.4, -0.2) is 30.6 Å². The molecule has 1 heterocycles. The van der Waals surface area contributed by atoms with Crippen LogP contribution >= 0.6 is 0 Å². The highest BCUT2D eigenvalue weighted by Gasteiger charge is 2.26.